The summed E-state index contributed by atoms with van der Waals surface area (Å²) in [7, 11) is 1.54. The van der Waals surface area contributed by atoms with Crippen molar-refractivity contribution in [3.05, 3.63) is 167 Å². The molecule has 0 aliphatic heterocycles. The molecule has 0 radical (unpaired) electrons. The number of ether oxygens (including phenoxy) is 1. The second kappa shape index (κ2) is 42.1. The Morgan fingerprint density at radius 1 is 0.595 bits per heavy atom. The molecule has 596 valence electrons. The topological polar surface area (TPSA) is 513 Å². The number of imidazole rings is 1. The Kier molecular flexibility index (Phi) is 33.3. The van der Waals surface area contributed by atoms with Gasteiger partial charge in [-0.05, 0) is 116 Å². The van der Waals surface area contributed by atoms with Crippen LogP contribution in [0.15, 0.2) is 122 Å². The third-order valence-electron chi connectivity index (χ3n) is 18.1. The molecule has 1 aromatic heterocycles. The maximum atomic E-state index is 15.4. The number of nitrogens with zero attached hydrogens (tertiary/aromatic N) is 1. The van der Waals surface area contributed by atoms with Gasteiger partial charge in [0.2, 0.25) is 65.0 Å². The van der Waals surface area contributed by atoms with E-state index in [1.165, 1.54) is 26.4 Å². The number of halogens is 2. The third kappa shape index (κ3) is 26.7. The van der Waals surface area contributed by atoms with E-state index in [1.807, 2.05) is 62.4 Å². The molecule has 0 spiro atoms. The summed E-state index contributed by atoms with van der Waals surface area (Å²) in [6.07, 6.45) is -1.77. The number of aromatic amines is 1. The van der Waals surface area contributed by atoms with Gasteiger partial charge >= 0.3 is 11.9 Å². The molecule has 0 saturated heterocycles. The van der Waals surface area contributed by atoms with E-state index in [0.717, 1.165) is 58.5 Å². The highest BCUT2D eigenvalue weighted by Crippen LogP contribution is 2.29. The number of nitrogens with two attached hydrogens (primary N) is 2. The van der Waals surface area contributed by atoms with Crippen LogP contribution < -0.4 is 69.4 Å². The number of aliphatic hydroxyl groups is 2. The minimum atomic E-state index is -2.16. The largest absolute Gasteiger partial charge is 0.497 e. The average Bonchev–Trinajstić information content (AvgIpc) is 1.10. The number of carbonyl (C=O) groups excluding carboxylic acids is 11. The Bertz CT molecular complexity index is 4260. The van der Waals surface area contributed by atoms with Crippen LogP contribution in [-0.2, 0) is 94.4 Å². The summed E-state index contributed by atoms with van der Waals surface area (Å²) >= 11 is 0. The SMILES string of the molecule is CCCC[C@H](NC(=O)CNC(=O)[C@H](CCC(=O)O)NC(=O)C(C)(C)NC(=O)[C@@H](N)Cc1cnc[nH]1)C(=O)N[C@@H](Cc1c(F)cccc1F)C(=O)N[C@H](C(=O)N[C@@H](CO)C(=O)N[C@@H](CC(=O)O)C(=O)N[C@@H](Cc1ccc(-c2ccc(OC)cc2CC)cc1)C(=O)N[C@@H](Cc1ccc(-c2ccccc2C)cc1)C(N)=O)[C@@H](C)O. The van der Waals surface area contributed by atoms with Gasteiger partial charge in [0.05, 0.1) is 45.2 Å². The number of unbranched alkanes of at least 4 members (excludes halogenated alkanes) is 1. The van der Waals surface area contributed by atoms with Gasteiger partial charge in [0, 0.05) is 49.6 Å². The molecule has 32 nitrogen and oxygen atoms in total. The minimum Gasteiger partial charge on any atom is -0.497 e. The normalized spacial score (nSPS) is 13.9. The zero-order valence-electron chi connectivity index (χ0n) is 62.4. The van der Waals surface area contributed by atoms with Crippen molar-refractivity contribution in [2.24, 2.45) is 11.5 Å². The second-order valence-corrected chi connectivity index (χ2v) is 27.1. The van der Waals surface area contributed by atoms with Crippen molar-refractivity contribution >= 4 is 76.9 Å². The summed E-state index contributed by atoms with van der Waals surface area (Å²) in [6.45, 7) is 6.98. The van der Waals surface area contributed by atoms with E-state index in [1.54, 1.807) is 56.5 Å². The first-order valence-electron chi connectivity index (χ1n) is 35.8. The smallest absolute Gasteiger partial charge is 0.305 e. The summed E-state index contributed by atoms with van der Waals surface area (Å²) in [6, 6.07) is 14.2. The van der Waals surface area contributed by atoms with Crippen LogP contribution in [0, 0.1) is 18.6 Å². The molecule has 6 aromatic rings. The van der Waals surface area contributed by atoms with Crippen LogP contribution in [0.5, 0.6) is 5.75 Å². The number of carbonyl (C=O) groups is 13. The fourth-order valence-electron chi connectivity index (χ4n) is 11.7. The number of methoxy groups -OCH3 is 1. The fraction of sp³-hybridized carbons (Fsp3) is 0.403. The molecule has 0 bridgehead atoms. The summed E-state index contributed by atoms with van der Waals surface area (Å²) in [5.41, 5.74) is 16.4. The first kappa shape index (κ1) is 87.9. The number of carboxylic acids is 2. The Morgan fingerprint density at radius 3 is 1.70 bits per heavy atom. The molecule has 0 aliphatic carbocycles. The molecule has 0 aliphatic rings. The van der Waals surface area contributed by atoms with Gasteiger partial charge in [-0.25, -0.2) is 13.8 Å². The second-order valence-electron chi connectivity index (χ2n) is 27.1. The number of amides is 11. The average molecular weight is 1540 g/mol. The predicted molar refractivity (Wildman–Crippen MR) is 399 cm³/mol. The van der Waals surface area contributed by atoms with Gasteiger partial charge in [-0.15, -0.1) is 0 Å². The highest BCUT2D eigenvalue weighted by Gasteiger charge is 2.39. The lowest BCUT2D eigenvalue weighted by atomic mass is 9.95. The zero-order valence-corrected chi connectivity index (χ0v) is 62.4. The number of H-pyrrole nitrogens is 1. The van der Waals surface area contributed by atoms with E-state index < -0.39 is 199 Å². The Labute approximate surface area is 638 Å². The first-order valence-corrected chi connectivity index (χ1v) is 35.8. The van der Waals surface area contributed by atoms with Gasteiger partial charge in [-0.1, -0.05) is 112 Å². The number of benzene rings is 5. The molecule has 111 heavy (non-hydrogen) atoms. The van der Waals surface area contributed by atoms with Crippen molar-refractivity contribution in [2.45, 2.75) is 178 Å². The van der Waals surface area contributed by atoms with Crippen LogP contribution >= 0.6 is 0 Å². The van der Waals surface area contributed by atoms with Gasteiger partial charge in [-0.3, -0.25) is 62.3 Å². The quantitative estimate of drug-likeness (QED) is 0.0251. The first-order chi connectivity index (χ1) is 52.6. The molecule has 10 atom stereocenters. The van der Waals surface area contributed by atoms with E-state index in [9.17, 15) is 82.8 Å². The number of aliphatic hydroxyl groups excluding tert-OH is 2. The van der Waals surface area contributed by atoms with E-state index in [2.05, 4.69) is 63.1 Å². The lowest BCUT2D eigenvalue weighted by Gasteiger charge is -2.29. The highest BCUT2D eigenvalue weighted by molar-refractivity contribution is 6.00. The maximum Gasteiger partial charge on any atom is 0.305 e. The minimum absolute atomic E-state index is 0.0127. The molecule has 5 aromatic carbocycles. The Hall–Kier alpha value is -12.0. The molecular formula is C77H96F2N14O18. The maximum absolute atomic E-state index is 15.4. The molecular weight excluding hydrogens is 1450 g/mol. The lowest BCUT2D eigenvalue weighted by molar-refractivity contribution is -0.142. The van der Waals surface area contributed by atoms with Crippen LogP contribution in [0.2, 0.25) is 0 Å². The van der Waals surface area contributed by atoms with Crippen molar-refractivity contribution in [1.29, 1.82) is 0 Å². The summed E-state index contributed by atoms with van der Waals surface area (Å²) in [5.74, 6) is -17.3. The molecule has 6 rings (SSSR count). The van der Waals surface area contributed by atoms with Crippen LogP contribution in [0.1, 0.15) is 107 Å². The summed E-state index contributed by atoms with van der Waals surface area (Å²) < 4.78 is 36.3. The van der Waals surface area contributed by atoms with Crippen molar-refractivity contribution in [2.75, 3.05) is 20.3 Å². The number of nitrogens with one attached hydrogen (secondary N) is 11. The fourth-order valence-corrected chi connectivity index (χ4v) is 11.7. The van der Waals surface area contributed by atoms with Crippen LogP contribution in [0.25, 0.3) is 22.3 Å². The molecule has 0 fully saturated rings. The van der Waals surface area contributed by atoms with Crippen LogP contribution in [0.4, 0.5) is 8.78 Å². The van der Waals surface area contributed by atoms with Crippen molar-refractivity contribution < 1.29 is 96.3 Å². The van der Waals surface area contributed by atoms with E-state index in [4.69, 9.17) is 16.2 Å². The van der Waals surface area contributed by atoms with Crippen LogP contribution in [0.3, 0.4) is 0 Å². The molecule has 0 saturated carbocycles. The molecule has 1 heterocycles. The van der Waals surface area contributed by atoms with E-state index in [-0.39, 0.29) is 32.1 Å². The Morgan fingerprint density at radius 2 is 1.14 bits per heavy atom. The molecule has 34 heteroatoms. The lowest BCUT2D eigenvalue weighted by Crippen LogP contribution is -2.62. The number of hydrogen-bond donors (Lipinski definition) is 17. The number of primary amides is 1. The number of aromatic nitrogens is 2. The number of aryl methyl sites for hydroxylation is 2. The van der Waals surface area contributed by atoms with Gasteiger partial charge < -0.3 is 94.8 Å². The van der Waals surface area contributed by atoms with Gasteiger partial charge in [-0.2, -0.15) is 0 Å². The number of hydrogen-bond acceptors (Lipinski definition) is 18. The van der Waals surface area contributed by atoms with Gasteiger partial charge in [0.15, 0.2) is 0 Å². The Balaban J connectivity index is 1.18. The molecule has 11 amide bonds. The van der Waals surface area contributed by atoms with Crippen molar-refractivity contribution in [3.8, 4) is 28.0 Å². The third-order valence-corrected chi connectivity index (χ3v) is 18.1. The van der Waals surface area contributed by atoms with Gasteiger partial charge in [0.25, 0.3) is 0 Å². The van der Waals surface area contributed by atoms with Crippen LogP contribution in [-0.4, -0.2) is 194 Å². The summed E-state index contributed by atoms with van der Waals surface area (Å²) in [4.78, 5) is 184. The van der Waals surface area contributed by atoms with Crippen molar-refractivity contribution in [3.63, 3.8) is 0 Å². The number of aliphatic carboxylic acids is 2. The molecule has 0 unspecified atom stereocenters. The van der Waals surface area contributed by atoms with E-state index in [0.29, 0.717) is 35.4 Å². The predicted octanol–water partition coefficient (Wildman–Crippen LogP) is 0.777. The summed E-state index contributed by atoms with van der Waals surface area (Å²) in [5, 5.41) is 64.5. The van der Waals surface area contributed by atoms with Crippen molar-refractivity contribution in [1.82, 2.24) is 63.1 Å². The number of rotatable bonds is 43. The monoisotopic (exact) mass is 1540 g/mol. The molecule has 19 N–H and O–H groups in total. The highest BCUT2D eigenvalue weighted by atomic mass is 19.1. The zero-order chi connectivity index (χ0) is 81.8. The van der Waals surface area contributed by atoms with Gasteiger partial charge in [0.1, 0.15) is 71.3 Å². The number of carboxylic acid groups (broad SMARTS) is 2. The standard InChI is InChI=1S/C77H96F2N14O18/c1-8-10-18-56(85-63(96)38-83-69(103)57(29-30-64(97)98)91-76(110)77(5,6)93-68(102)55(80)34-48-37-82-40-84-48)70(104)88-60(35-52-53(78)16-13-17-54(52)79)73(107)92-66(42(4)95)75(109)90-62(39-94)74(108)89-61(36-65(99)100)72(106)87-59(32-44-21-25-47(26-22-44)51-28-27-49(111-7)33-45(51)9-2)71(105)86-58(67(81)101)31-43-19-23-46(24-20-43)50-15-12-11-14-41(50)3/h11-17,19-28,33,37,40,42,55-62,66,94-95H,8-10,18,29-32,34-36,38-39,80H2,1-7H3,(H2,81,101)(H,82,84)(H,83,103)(H,85,96)(H,86,105)(H,87,106)(H,88,104)(H,89,108)(H,90,109)(H,91,110)(H,92,107)(H,93,102)(H,97,98)(H,99,100)/t42-,55+,56+,57+,58+,59+,60+,61+,62+,66+/m1/s1. The van der Waals surface area contributed by atoms with E-state index >= 15 is 8.78 Å².